The molecule has 0 aromatic rings. The van der Waals surface area contributed by atoms with Crippen LogP contribution in [0, 0.1) is 5.92 Å². The van der Waals surface area contributed by atoms with Gasteiger partial charge in [0.15, 0.2) is 0 Å². The summed E-state index contributed by atoms with van der Waals surface area (Å²) in [5, 5.41) is -0.246. The van der Waals surface area contributed by atoms with Gasteiger partial charge in [-0.15, -0.1) is 0 Å². The molecule has 70 valence electrons. The van der Waals surface area contributed by atoms with Crippen molar-refractivity contribution in [1.82, 2.24) is 0 Å². The van der Waals surface area contributed by atoms with Gasteiger partial charge in [-0.25, -0.2) is 0 Å². The van der Waals surface area contributed by atoms with Crippen LogP contribution in [0.3, 0.4) is 0 Å². The van der Waals surface area contributed by atoms with E-state index in [1.54, 1.807) is 0 Å². The molecule has 1 aliphatic rings. The molecule has 0 aromatic carbocycles. The van der Waals surface area contributed by atoms with Crippen molar-refractivity contribution in [2.45, 2.75) is 19.8 Å². The zero-order valence-corrected chi connectivity index (χ0v) is 8.47. The number of allylic oxidation sites excluding steroid dienone is 5. The summed E-state index contributed by atoms with van der Waals surface area (Å²) in [5.41, 5.74) is 2.14. The number of hydrogen-bond donors (Lipinski definition) is 0. The molecule has 0 radical (unpaired) electrons. The van der Waals surface area contributed by atoms with Crippen molar-refractivity contribution in [3.8, 4) is 0 Å². The number of rotatable bonds is 2. The molecular weight excluding hydrogens is 184 g/mol. The molecule has 1 unspecified atom stereocenters. The Morgan fingerprint density at radius 1 is 1.62 bits per heavy atom. The zero-order valence-electron chi connectivity index (χ0n) is 7.72. The number of halogens is 1. The minimum Gasteiger partial charge on any atom is -0.281 e. The normalized spacial score (nSPS) is 22.0. The second-order valence-corrected chi connectivity index (χ2v) is 3.69. The lowest BCUT2D eigenvalue weighted by atomic mass is 10.0. The molecule has 0 heterocycles. The Labute approximate surface area is 83.8 Å². The number of hydrogen-bond acceptors (Lipinski definition) is 1. The van der Waals surface area contributed by atoms with Crippen LogP contribution in [0.1, 0.15) is 19.8 Å². The Morgan fingerprint density at radius 3 is 2.85 bits per heavy atom. The fourth-order valence-electron chi connectivity index (χ4n) is 1.29. The Bertz CT molecular complexity index is 286. The first-order chi connectivity index (χ1) is 6.11. The molecule has 0 bridgehead atoms. The average molecular weight is 197 g/mol. The van der Waals surface area contributed by atoms with Crippen molar-refractivity contribution in [3.63, 3.8) is 0 Å². The Morgan fingerprint density at radius 2 is 2.31 bits per heavy atom. The van der Waals surface area contributed by atoms with Gasteiger partial charge in [-0.1, -0.05) is 30.4 Å². The summed E-state index contributed by atoms with van der Waals surface area (Å²) in [5.74, 6) is -0.0604. The van der Waals surface area contributed by atoms with Gasteiger partial charge in [-0.3, -0.25) is 4.79 Å². The molecule has 0 spiro atoms. The first kappa shape index (κ1) is 10.3. The van der Waals surface area contributed by atoms with Crippen LogP contribution < -0.4 is 0 Å². The first-order valence-corrected chi connectivity index (χ1v) is 4.71. The summed E-state index contributed by atoms with van der Waals surface area (Å²) < 4.78 is 0. The third kappa shape index (κ3) is 2.85. The largest absolute Gasteiger partial charge is 0.281 e. The van der Waals surface area contributed by atoms with E-state index in [1.807, 2.05) is 25.2 Å². The monoisotopic (exact) mass is 196 g/mol. The first-order valence-electron chi connectivity index (χ1n) is 4.33. The standard InChI is InChI=1S/C11H13ClO/c1-8(2)9-4-3-5-10(7-6-9)11(12)13/h3-4,6,10H,1,5,7H2,2H3. The molecular formula is C11H13ClO. The maximum atomic E-state index is 10.9. The van der Waals surface area contributed by atoms with E-state index in [2.05, 4.69) is 6.58 Å². The Balaban J connectivity index is 2.75. The molecule has 0 N–H and O–H groups in total. The van der Waals surface area contributed by atoms with Gasteiger partial charge in [0.1, 0.15) is 0 Å². The van der Waals surface area contributed by atoms with Crippen LogP contribution in [-0.4, -0.2) is 5.24 Å². The fraction of sp³-hybridized carbons (Fsp3) is 0.364. The van der Waals surface area contributed by atoms with Gasteiger partial charge in [-0.2, -0.15) is 0 Å². The lowest BCUT2D eigenvalue weighted by molar-refractivity contribution is -0.114. The topological polar surface area (TPSA) is 17.1 Å². The van der Waals surface area contributed by atoms with Gasteiger partial charge in [0, 0.05) is 5.92 Å². The van der Waals surface area contributed by atoms with Crippen molar-refractivity contribution >= 4 is 16.8 Å². The molecule has 0 aromatic heterocycles. The average Bonchev–Trinajstić information content (AvgIpc) is 2.27. The van der Waals surface area contributed by atoms with Gasteiger partial charge >= 0.3 is 0 Å². The quantitative estimate of drug-likeness (QED) is 0.620. The Kier molecular flexibility index (Phi) is 3.49. The molecule has 13 heavy (non-hydrogen) atoms. The summed E-state index contributed by atoms with van der Waals surface area (Å²) in [7, 11) is 0. The summed E-state index contributed by atoms with van der Waals surface area (Å²) in [6.07, 6.45) is 7.46. The molecule has 0 saturated carbocycles. The highest BCUT2D eigenvalue weighted by molar-refractivity contribution is 6.64. The van der Waals surface area contributed by atoms with Gasteiger partial charge in [-0.05, 0) is 36.9 Å². The van der Waals surface area contributed by atoms with Crippen molar-refractivity contribution in [3.05, 3.63) is 36.0 Å². The lowest BCUT2D eigenvalue weighted by Crippen LogP contribution is -2.05. The van der Waals surface area contributed by atoms with Crippen LogP contribution in [0.4, 0.5) is 0 Å². The molecule has 2 heteroatoms. The van der Waals surface area contributed by atoms with Crippen LogP contribution in [0.15, 0.2) is 36.0 Å². The molecule has 0 aliphatic heterocycles. The molecule has 0 fully saturated rings. The lowest BCUT2D eigenvalue weighted by Gasteiger charge is -2.04. The van der Waals surface area contributed by atoms with Crippen molar-refractivity contribution in [1.29, 1.82) is 0 Å². The zero-order chi connectivity index (χ0) is 9.84. The van der Waals surface area contributed by atoms with Crippen molar-refractivity contribution in [2.75, 3.05) is 0 Å². The molecule has 0 saturated heterocycles. The SMILES string of the molecule is C=C(C)C1=CCC(C(=O)Cl)CC=C1. The van der Waals surface area contributed by atoms with Gasteiger partial charge in [0.25, 0.3) is 0 Å². The second kappa shape index (κ2) is 4.43. The third-order valence-corrected chi connectivity index (χ3v) is 2.46. The van der Waals surface area contributed by atoms with E-state index in [4.69, 9.17) is 11.6 Å². The van der Waals surface area contributed by atoms with E-state index in [1.165, 1.54) is 0 Å². The van der Waals surface area contributed by atoms with E-state index in [9.17, 15) is 4.79 Å². The van der Waals surface area contributed by atoms with E-state index in [-0.39, 0.29) is 11.2 Å². The summed E-state index contributed by atoms with van der Waals surface area (Å²) in [6, 6.07) is 0. The van der Waals surface area contributed by atoms with Crippen LogP contribution in [0.2, 0.25) is 0 Å². The predicted molar refractivity (Wildman–Crippen MR) is 55.6 cm³/mol. The predicted octanol–water partition coefficient (Wildman–Crippen LogP) is 3.22. The fourth-order valence-corrected chi connectivity index (χ4v) is 1.47. The highest BCUT2D eigenvalue weighted by Crippen LogP contribution is 2.22. The molecule has 1 nitrogen and oxygen atoms in total. The molecule has 0 amide bonds. The van der Waals surface area contributed by atoms with E-state index < -0.39 is 0 Å². The molecule has 1 atom stereocenters. The van der Waals surface area contributed by atoms with Crippen LogP contribution in [-0.2, 0) is 4.79 Å². The maximum Gasteiger partial charge on any atom is 0.225 e. The third-order valence-electron chi connectivity index (χ3n) is 2.15. The van der Waals surface area contributed by atoms with E-state index in [0.717, 1.165) is 24.0 Å². The van der Waals surface area contributed by atoms with E-state index >= 15 is 0 Å². The number of carbonyl (C=O) groups excluding carboxylic acids is 1. The summed E-state index contributed by atoms with van der Waals surface area (Å²) in [6.45, 7) is 5.81. The van der Waals surface area contributed by atoms with Crippen molar-refractivity contribution in [2.24, 2.45) is 5.92 Å². The van der Waals surface area contributed by atoms with E-state index in [0.29, 0.717) is 0 Å². The van der Waals surface area contributed by atoms with Crippen molar-refractivity contribution < 1.29 is 4.79 Å². The van der Waals surface area contributed by atoms with Gasteiger partial charge < -0.3 is 0 Å². The van der Waals surface area contributed by atoms with Gasteiger partial charge in [0.2, 0.25) is 5.24 Å². The summed E-state index contributed by atoms with van der Waals surface area (Å²) >= 11 is 5.43. The second-order valence-electron chi connectivity index (χ2n) is 3.31. The smallest absolute Gasteiger partial charge is 0.225 e. The number of carbonyl (C=O) groups is 1. The minimum atomic E-state index is -0.246. The molecule has 1 aliphatic carbocycles. The van der Waals surface area contributed by atoms with Crippen LogP contribution >= 0.6 is 11.6 Å². The Hall–Kier alpha value is -0.820. The van der Waals surface area contributed by atoms with Gasteiger partial charge in [0.05, 0.1) is 0 Å². The van der Waals surface area contributed by atoms with Crippen LogP contribution in [0.5, 0.6) is 0 Å². The minimum absolute atomic E-state index is 0.0604. The summed E-state index contributed by atoms with van der Waals surface area (Å²) in [4.78, 5) is 10.9. The highest BCUT2D eigenvalue weighted by Gasteiger charge is 2.15. The van der Waals surface area contributed by atoms with Crippen LogP contribution in [0.25, 0.3) is 0 Å². The molecule has 1 rings (SSSR count). The maximum absolute atomic E-state index is 10.9. The highest BCUT2D eigenvalue weighted by atomic mass is 35.5.